The van der Waals surface area contributed by atoms with Gasteiger partial charge in [0.1, 0.15) is 16.9 Å². The molecule has 6 nitrogen and oxygen atoms in total. The molecule has 0 aliphatic rings. The molecule has 0 heterocycles. The van der Waals surface area contributed by atoms with Crippen LogP contribution >= 0.6 is 0 Å². The molecular weight excluding hydrogens is 286 g/mol. The van der Waals surface area contributed by atoms with Gasteiger partial charge in [0.2, 0.25) is 0 Å². The zero-order valence-electron chi connectivity index (χ0n) is 13.6. The standard InChI is InChI=1S/C16H23NO5/c1-6-21-14(19)12-8-7-11(10(2)13(12)18)9-17-15(20)22-16(3,4)5/h7-8,18H,6,9H2,1-5H3,(H,17,20). The predicted molar refractivity (Wildman–Crippen MR) is 81.9 cm³/mol. The first-order chi connectivity index (χ1) is 10.2. The Morgan fingerprint density at radius 1 is 1.27 bits per heavy atom. The monoisotopic (exact) mass is 309 g/mol. The Balaban J connectivity index is 2.80. The molecule has 0 atom stereocenters. The third-order valence-corrected chi connectivity index (χ3v) is 2.86. The molecule has 0 unspecified atom stereocenters. The van der Waals surface area contributed by atoms with Crippen LogP contribution in [0.2, 0.25) is 0 Å². The molecule has 0 fully saturated rings. The van der Waals surface area contributed by atoms with Gasteiger partial charge in [-0.05, 0) is 51.8 Å². The lowest BCUT2D eigenvalue weighted by Crippen LogP contribution is -2.32. The molecule has 0 aliphatic heterocycles. The first kappa shape index (κ1) is 17.8. The van der Waals surface area contributed by atoms with Crippen molar-refractivity contribution in [2.45, 2.75) is 46.8 Å². The number of hydrogen-bond acceptors (Lipinski definition) is 5. The minimum atomic E-state index is -0.574. The number of carbonyl (C=O) groups is 2. The third-order valence-electron chi connectivity index (χ3n) is 2.86. The number of amides is 1. The smallest absolute Gasteiger partial charge is 0.407 e. The number of benzene rings is 1. The fourth-order valence-electron chi connectivity index (χ4n) is 1.79. The van der Waals surface area contributed by atoms with Gasteiger partial charge in [-0.3, -0.25) is 0 Å². The molecule has 0 saturated carbocycles. The van der Waals surface area contributed by atoms with Crippen LogP contribution < -0.4 is 5.32 Å². The molecule has 2 N–H and O–H groups in total. The van der Waals surface area contributed by atoms with Crippen molar-refractivity contribution >= 4 is 12.1 Å². The van der Waals surface area contributed by atoms with Crippen LogP contribution in [0.3, 0.4) is 0 Å². The Hall–Kier alpha value is -2.24. The average Bonchev–Trinajstić information content (AvgIpc) is 2.38. The zero-order valence-corrected chi connectivity index (χ0v) is 13.6. The molecule has 122 valence electrons. The van der Waals surface area contributed by atoms with Gasteiger partial charge in [-0.2, -0.15) is 0 Å². The molecule has 0 saturated heterocycles. The Labute approximate surface area is 130 Å². The number of nitrogens with one attached hydrogen (secondary N) is 1. The topological polar surface area (TPSA) is 84.9 Å². The van der Waals surface area contributed by atoms with E-state index in [2.05, 4.69) is 5.32 Å². The van der Waals surface area contributed by atoms with E-state index < -0.39 is 17.7 Å². The lowest BCUT2D eigenvalue weighted by molar-refractivity contribution is 0.0510. The maximum Gasteiger partial charge on any atom is 0.407 e. The summed E-state index contributed by atoms with van der Waals surface area (Å²) in [5.41, 5.74) is 0.744. The lowest BCUT2D eigenvalue weighted by atomic mass is 10.0. The SMILES string of the molecule is CCOC(=O)c1ccc(CNC(=O)OC(C)(C)C)c(C)c1O. The molecule has 0 aliphatic carbocycles. The molecule has 0 spiro atoms. The van der Waals surface area contributed by atoms with Gasteiger partial charge >= 0.3 is 12.1 Å². The zero-order chi connectivity index (χ0) is 16.9. The number of phenolic OH excluding ortho intramolecular Hbond substituents is 1. The fraction of sp³-hybridized carbons (Fsp3) is 0.500. The van der Waals surface area contributed by atoms with Crippen molar-refractivity contribution in [3.63, 3.8) is 0 Å². The van der Waals surface area contributed by atoms with Gasteiger partial charge < -0.3 is 19.9 Å². The first-order valence-corrected chi connectivity index (χ1v) is 7.11. The molecule has 0 radical (unpaired) electrons. The quantitative estimate of drug-likeness (QED) is 0.835. The Bertz CT molecular complexity index is 560. The molecule has 22 heavy (non-hydrogen) atoms. The third kappa shape index (κ3) is 4.95. The summed E-state index contributed by atoms with van der Waals surface area (Å²) in [5, 5.41) is 12.7. The fourth-order valence-corrected chi connectivity index (χ4v) is 1.79. The number of carbonyl (C=O) groups excluding carboxylic acids is 2. The van der Waals surface area contributed by atoms with Gasteiger partial charge in [0.15, 0.2) is 0 Å². The van der Waals surface area contributed by atoms with E-state index in [4.69, 9.17) is 9.47 Å². The highest BCUT2D eigenvalue weighted by Crippen LogP contribution is 2.26. The van der Waals surface area contributed by atoms with E-state index in [0.717, 1.165) is 0 Å². The first-order valence-electron chi connectivity index (χ1n) is 7.11. The van der Waals surface area contributed by atoms with Crippen LogP contribution in [-0.4, -0.2) is 29.4 Å². The summed E-state index contributed by atoms with van der Waals surface area (Å²) in [7, 11) is 0. The number of ether oxygens (including phenoxy) is 2. The average molecular weight is 309 g/mol. The molecule has 1 amide bonds. The van der Waals surface area contributed by atoms with E-state index in [0.29, 0.717) is 11.1 Å². The van der Waals surface area contributed by atoms with Crippen molar-refractivity contribution in [2.75, 3.05) is 6.61 Å². The number of aromatic hydroxyl groups is 1. The van der Waals surface area contributed by atoms with Crippen molar-refractivity contribution < 1.29 is 24.2 Å². The van der Waals surface area contributed by atoms with Crippen molar-refractivity contribution in [3.8, 4) is 5.75 Å². The van der Waals surface area contributed by atoms with E-state index in [9.17, 15) is 14.7 Å². The molecule has 1 aromatic carbocycles. The molecule has 0 bridgehead atoms. The van der Waals surface area contributed by atoms with Crippen molar-refractivity contribution in [1.29, 1.82) is 0 Å². The second-order valence-electron chi connectivity index (χ2n) is 5.82. The second kappa shape index (κ2) is 7.15. The lowest BCUT2D eigenvalue weighted by Gasteiger charge is -2.20. The minimum Gasteiger partial charge on any atom is -0.507 e. The summed E-state index contributed by atoms with van der Waals surface area (Å²) in [5.74, 6) is -0.711. The van der Waals surface area contributed by atoms with Gasteiger partial charge in [0.25, 0.3) is 0 Å². The van der Waals surface area contributed by atoms with Crippen LogP contribution in [0.15, 0.2) is 12.1 Å². The maximum atomic E-state index is 11.7. The number of alkyl carbamates (subject to hydrolysis) is 1. The predicted octanol–water partition coefficient (Wildman–Crippen LogP) is 2.90. The number of rotatable bonds is 4. The van der Waals surface area contributed by atoms with Crippen LogP contribution in [0.1, 0.15) is 49.2 Å². The molecular formula is C16H23NO5. The highest BCUT2D eigenvalue weighted by molar-refractivity contribution is 5.93. The van der Waals surface area contributed by atoms with Gasteiger partial charge in [-0.15, -0.1) is 0 Å². The van der Waals surface area contributed by atoms with Gasteiger partial charge in [0, 0.05) is 6.54 Å². The maximum absolute atomic E-state index is 11.7. The Morgan fingerprint density at radius 3 is 2.45 bits per heavy atom. The van der Waals surface area contributed by atoms with E-state index in [1.54, 1.807) is 40.7 Å². The summed E-state index contributed by atoms with van der Waals surface area (Å²) >= 11 is 0. The summed E-state index contributed by atoms with van der Waals surface area (Å²) < 4.78 is 10.0. The molecule has 1 aromatic rings. The van der Waals surface area contributed by atoms with E-state index >= 15 is 0 Å². The van der Waals surface area contributed by atoms with E-state index in [1.807, 2.05) is 0 Å². The van der Waals surface area contributed by atoms with E-state index in [-0.39, 0.29) is 24.5 Å². The van der Waals surface area contributed by atoms with Crippen molar-refractivity contribution in [2.24, 2.45) is 0 Å². The van der Waals surface area contributed by atoms with Gasteiger partial charge in [-0.1, -0.05) is 6.07 Å². The molecule has 1 rings (SSSR count). The Kier molecular flexibility index (Phi) is 5.79. The molecule has 6 heteroatoms. The highest BCUT2D eigenvalue weighted by atomic mass is 16.6. The van der Waals surface area contributed by atoms with Crippen LogP contribution in [-0.2, 0) is 16.0 Å². The van der Waals surface area contributed by atoms with Crippen LogP contribution in [0, 0.1) is 6.92 Å². The summed E-state index contributed by atoms with van der Waals surface area (Å²) in [6.07, 6.45) is -0.541. The Morgan fingerprint density at radius 2 is 1.91 bits per heavy atom. The number of hydrogen-bond donors (Lipinski definition) is 2. The highest BCUT2D eigenvalue weighted by Gasteiger charge is 2.18. The largest absolute Gasteiger partial charge is 0.507 e. The van der Waals surface area contributed by atoms with E-state index in [1.165, 1.54) is 6.07 Å². The summed E-state index contributed by atoms with van der Waals surface area (Å²) in [6, 6.07) is 3.14. The number of phenols is 1. The van der Waals surface area contributed by atoms with Crippen molar-refractivity contribution in [3.05, 3.63) is 28.8 Å². The van der Waals surface area contributed by atoms with Gasteiger partial charge in [0.05, 0.1) is 6.61 Å². The molecule has 0 aromatic heterocycles. The van der Waals surface area contributed by atoms with Crippen LogP contribution in [0.5, 0.6) is 5.75 Å². The minimum absolute atomic E-state index is 0.111. The van der Waals surface area contributed by atoms with Crippen LogP contribution in [0.25, 0.3) is 0 Å². The van der Waals surface area contributed by atoms with Crippen molar-refractivity contribution in [1.82, 2.24) is 5.32 Å². The second-order valence-corrected chi connectivity index (χ2v) is 5.82. The van der Waals surface area contributed by atoms with Crippen LogP contribution in [0.4, 0.5) is 4.79 Å². The number of esters is 1. The summed E-state index contributed by atoms with van der Waals surface area (Å²) in [6.45, 7) is 9.12. The van der Waals surface area contributed by atoms with Gasteiger partial charge in [-0.25, -0.2) is 9.59 Å². The normalized spacial score (nSPS) is 11.0. The summed E-state index contributed by atoms with van der Waals surface area (Å²) in [4.78, 5) is 23.3.